The number of hydrogen-bond donors (Lipinski definition) is 1. The second-order valence-corrected chi connectivity index (χ2v) is 2.58. The van der Waals surface area contributed by atoms with Crippen LogP contribution in [0.3, 0.4) is 0 Å². The Morgan fingerprint density at radius 1 is 1.62 bits per heavy atom. The van der Waals surface area contributed by atoms with Crippen LogP contribution in [0.15, 0.2) is 6.20 Å². The Labute approximate surface area is 75.4 Å². The molecule has 1 heterocycles. The van der Waals surface area contributed by atoms with Crippen LogP contribution in [-0.4, -0.2) is 27.7 Å². The maximum Gasteiger partial charge on any atom is 0.341 e. The van der Waals surface area contributed by atoms with Crippen molar-refractivity contribution < 1.29 is 14.6 Å². The first-order valence-electron chi connectivity index (χ1n) is 3.74. The summed E-state index contributed by atoms with van der Waals surface area (Å²) >= 11 is 0. The summed E-state index contributed by atoms with van der Waals surface area (Å²) < 4.78 is 4.91. The number of ether oxygens (including phenoxy) is 1. The van der Waals surface area contributed by atoms with Crippen molar-refractivity contribution in [2.75, 3.05) is 6.61 Å². The fraction of sp³-hybridized carbons (Fsp3) is 0.375. The first kappa shape index (κ1) is 9.44. The number of hydrogen-bond acceptors (Lipinski definition) is 4. The van der Waals surface area contributed by atoms with Crippen LogP contribution in [-0.2, 0) is 4.79 Å². The molecule has 1 rings (SSSR count). The van der Waals surface area contributed by atoms with E-state index in [4.69, 9.17) is 9.84 Å². The molecule has 0 atom stereocenters. The Hall–Kier alpha value is -1.65. The summed E-state index contributed by atoms with van der Waals surface area (Å²) in [7, 11) is 0. The third kappa shape index (κ3) is 2.70. The number of rotatable bonds is 3. The Balaban J connectivity index is 2.75. The maximum atomic E-state index is 10.2. The number of carboxylic acids is 1. The lowest BCUT2D eigenvalue weighted by molar-refractivity contribution is -0.139. The Morgan fingerprint density at radius 3 is 2.92 bits per heavy atom. The second-order valence-electron chi connectivity index (χ2n) is 2.58. The van der Waals surface area contributed by atoms with Crippen molar-refractivity contribution in [1.29, 1.82) is 0 Å². The van der Waals surface area contributed by atoms with Gasteiger partial charge in [-0.1, -0.05) is 0 Å². The molecule has 0 unspecified atom stereocenters. The van der Waals surface area contributed by atoms with Crippen LogP contribution in [0.2, 0.25) is 0 Å². The Morgan fingerprint density at radius 2 is 2.31 bits per heavy atom. The predicted molar refractivity (Wildman–Crippen MR) is 44.6 cm³/mol. The lowest BCUT2D eigenvalue weighted by Crippen LogP contribution is -2.11. The van der Waals surface area contributed by atoms with E-state index in [1.807, 2.05) is 0 Å². The number of aliphatic carboxylic acids is 1. The van der Waals surface area contributed by atoms with Gasteiger partial charge in [-0.25, -0.2) is 9.78 Å². The van der Waals surface area contributed by atoms with E-state index < -0.39 is 5.97 Å². The van der Waals surface area contributed by atoms with Crippen molar-refractivity contribution in [1.82, 2.24) is 9.97 Å². The van der Waals surface area contributed by atoms with Crippen LogP contribution < -0.4 is 4.74 Å². The third-order valence-electron chi connectivity index (χ3n) is 1.36. The van der Waals surface area contributed by atoms with Crippen LogP contribution in [0.25, 0.3) is 0 Å². The third-order valence-corrected chi connectivity index (χ3v) is 1.36. The van der Waals surface area contributed by atoms with Gasteiger partial charge >= 0.3 is 5.97 Å². The molecule has 5 nitrogen and oxygen atoms in total. The fourth-order valence-corrected chi connectivity index (χ4v) is 0.782. The molecule has 0 fully saturated rings. The number of aryl methyl sites for hydroxylation is 2. The van der Waals surface area contributed by atoms with Gasteiger partial charge in [0.05, 0.1) is 11.4 Å². The van der Waals surface area contributed by atoms with Gasteiger partial charge in [0.15, 0.2) is 6.61 Å². The van der Waals surface area contributed by atoms with Gasteiger partial charge in [-0.15, -0.1) is 0 Å². The van der Waals surface area contributed by atoms with Crippen LogP contribution in [0.4, 0.5) is 0 Å². The second kappa shape index (κ2) is 3.84. The molecule has 1 aromatic rings. The van der Waals surface area contributed by atoms with Gasteiger partial charge in [0.1, 0.15) is 0 Å². The molecule has 0 aliphatic carbocycles. The van der Waals surface area contributed by atoms with Crippen molar-refractivity contribution in [3.8, 4) is 5.88 Å². The monoisotopic (exact) mass is 182 g/mol. The zero-order valence-corrected chi connectivity index (χ0v) is 7.44. The van der Waals surface area contributed by atoms with Crippen molar-refractivity contribution >= 4 is 5.97 Å². The summed E-state index contributed by atoms with van der Waals surface area (Å²) in [5.41, 5.74) is 1.29. The van der Waals surface area contributed by atoms with Gasteiger partial charge in [-0.05, 0) is 13.8 Å². The van der Waals surface area contributed by atoms with E-state index in [0.717, 1.165) is 0 Å². The predicted octanol–water partition coefficient (Wildman–Crippen LogP) is 0.557. The van der Waals surface area contributed by atoms with E-state index in [0.29, 0.717) is 11.4 Å². The molecule has 0 spiro atoms. The zero-order chi connectivity index (χ0) is 9.84. The number of nitrogens with zero attached hydrogens (tertiary/aromatic N) is 2. The standard InChI is InChI=1S/C8H10N2O3/c1-5-3-9-6(2)8(10-5)13-4-7(11)12/h3H,4H2,1-2H3,(H,11,12). The van der Waals surface area contributed by atoms with E-state index >= 15 is 0 Å². The molecule has 5 heteroatoms. The van der Waals surface area contributed by atoms with E-state index in [9.17, 15) is 4.79 Å². The summed E-state index contributed by atoms with van der Waals surface area (Å²) in [6.07, 6.45) is 1.60. The molecular formula is C8H10N2O3. The topological polar surface area (TPSA) is 72.3 Å². The molecule has 70 valence electrons. The van der Waals surface area contributed by atoms with Crippen molar-refractivity contribution in [2.24, 2.45) is 0 Å². The van der Waals surface area contributed by atoms with E-state index in [1.165, 1.54) is 0 Å². The zero-order valence-electron chi connectivity index (χ0n) is 7.44. The summed E-state index contributed by atoms with van der Waals surface area (Å²) in [4.78, 5) is 18.2. The van der Waals surface area contributed by atoms with Crippen molar-refractivity contribution in [3.05, 3.63) is 17.6 Å². The molecule has 0 bridgehead atoms. The highest BCUT2D eigenvalue weighted by Crippen LogP contribution is 2.10. The Kier molecular flexibility index (Phi) is 2.79. The molecule has 0 aliphatic heterocycles. The summed E-state index contributed by atoms with van der Waals surface area (Å²) in [5.74, 6) is -0.745. The Bertz CT molecular complexity index is 325. The van der Waals surface area contributed by atoms with Gasteiger partial charge in [-0.2, -0.15) is 0 Å². The average molecular weight is 182 g/mol. The van der Waals surface area contributed by atoms with Crippen LogP contribution >= 0.6 is 0 Å². The van der Waals surface area contributed by atoms with E-state index in [-0.39, 0.29) is 12.5 Å². The maximum absolute atomic E-state index is 10.2. The minimum Gasteiger partial charge on any atom is -0.479 e. The molecule has 13 heavy (non-hydrogen) atoms. The van der Waals surface area contributed by atoms with Crippen LogP contribution in [0.1, 0.15) is 11.4 Å². The molecule has 1 aromatic heterocycles. The molecule has 0 saturated heterocycles. The summed E-state index contributed by atoms with van der Waals surface area (Å²) in [5, 5.41) is 8.36. The molecule has 0 aromatic carbocycles. The van der Waals surface area contributed by atoms with Crippen molar-refractivity contribution in [3.63, 3.8) is 0 Å². The molecule has 0 amide bonds. The smallest absolute Gasteiger partial charge is 0.341 e. The fourth-order valence-electron chi connectivity index (χ4n) is 0.782. The molecular weight excluding hydrogens is 172 g/mol. The van der Waals surface area contributed by atoms with Gasteiger partial charge in [-0.3, -0.25) is 4.98 Å². The highest BCUT2D eigenvalue weighted by atomic mass is 16.5. The number of carboxylic acid groups (broad SMARTS) is 1. The van der Waals surface area contributed by atoms with Gasteiger partial charge < -0.3 is 9.84 Å². The van der Waals surface area contributed by atoms with Crippen LogP contribution in [0.5, 0.6) is 5.88 Å². The molecule has 1 N–H and O–H groups in total. The lowest BCUT2D eigenvalue weighted by atomic mass is 10.4. The molecule has 0 saturated carbocycles. The number of carbonyl (C=O) groups is 1. The summed E-state index contributed by atoms with van der Waals surface area (Å²) in [6, 6.07) is 0. The first-order chi connectivity index (χ1) is 6.09. The van der Waals surface area contributed by atoms with Crippen LogP contribution in [0, 0.1) is 13.8 Å². The largest absolute Gasteiger partial charge is 0.479 e. The highest BCUT2D eigenvalue weighted by Gasteiger charge is 2.05. The first-order valence-corrected chi connectivity index (χ1v) is 3.74. The van der Waals surface area contributed by atoms with Gasteiger partial charge in [0.25, 0.3) is 0 Å². The van der Waals surface area contributed by atoms with E-state index in [1.54, 1.807) is 20.0 Å². The van der Waals surface area contributed by atoms with Gasteiger partial charge in [0, 0.05) is 6.20 Å². The minimum absolute atomic E-state index is 0.280. The highest BCUT2D eigenvalue weighted by molar-refractivity contribution is 5.68. The molecule has 0 radical (unpaired) electrons. The molecule has 0 aliphatic rings. The minimum atomic E-state index is -1.03. The normalized spacial score (nSPS) is 9.69. The lowest BCUT2D eigenvalue weighted by Gasteiger charge is -2.04. The quantitative estimate of drug-likeness (QED) is 0.739. The average Bonchev–Trinajstić information content (AvgIpc) is 2.06. The SMILES string of the molecule is Cc1cnc(C)c(OCC(=O)O)n1. The van der Waals surface area contributed by atoms with Crippen molar-refractivity contribution in [2.45, 2.75) is 13.8 Å². The van der Waals surface area contributed by atoms with Gasteiger partial charge in [0.2, 0.25) is 5.88 Å². The van der Waals surface area contributed by atoms with E-state index in [2.05, 4.69) is 9.97 Å². The number of aromatic nitrogens is 2. The summed E-state index contributed by atoms with van der Waals surface area (Å²) in [6.45, 7) is 3.09.